The van der Waals surface area contributed by atoms with Crippen molar-refractivity contribution in [2.24, 2.45) is 0 Å². The third-order valence-electron chi connectivity index (χ3n) is 6.35. The van der Waals surface area contributed by atoms with E-state index in [-0.39, 0.29) is 23.2 Å². The Morgan fingerprint density at radius 3 is 2.49 bits per heavy atom. The lowest BCUT2D eigenvalue weighted by Gasteiger charge is -2.13. The number of hydrogen-bond donors (Lipinski definition) is 1. The maximum atomic E-state index is 14.9. The Hall–Kier alpha value is -3.68. The number of anilines is 2. The van der Waals surface area contributed by atoms with E-state index >= 15 is 0 Å². The Morgan fingerprint density at radius 1 is 0.971 bits per heavy atom. The normalized spacial score (nSPS) is 14.1. The van der Waals surface area contributed by atoms with E-state index in [1.54, 1.807) is 12.3 Å². The monoisotopic (exact) mass is 474 g/mol. The second kappa shape index (κ2) is 9.52. The molecular formula is C27H28F2N6. The van der Waals surface area contributed by atoms with Gasteiger partial charge in [0.25, 0.3) is 0 Å². The molecule has 1 saturated carbocycles. The van der Waals surface area contributed by atoms with Gasteiger partial charge in [0.05, 0.1) is 11.7 Å². The number of nitrogens with zero attached hydrogens (tertiary/aromatic N) is 5. The number of allylic oxidation sites excluding steroid dienone is 1. The van der Waals surface area contributed by atoms with Crippen LogP contribution in [0.4, 0.5) is 20.5 Å². The van der Waals surface area contributed by atoms with Crippen LogP contribution in [-0.4, -0.2) is 24.5 Å². The van der Waals surface area contributed by atoms with E-state index in [0.717, 1.165) is 24.6 Å². The second-order valence-corrected chi connectivity index (χ2v) is 9.30. The van der Waals surface area contributed by atoms with Gasteiger partial charge in [0.15, 0.2) is 11.6 Å². The van der Waals surface area contributed by atoms with Gasteiger partial charge in [-0.05, 0) is 76.3 Å². The van der Waals surface area contributed by atoms with E-state index in [2.05, 4.69) is 31.3 Å². The Labute approximate surface area is 203 Å². The van der Waals surface area contributed by atoms with Crippen LogP contribution < -0.4 is 5.32 Å². The number of imidazole rings is 1. The van der Waals surface area contributed by atoms with Gasteiger partial charge in [-0.25, -0.2) is 28.7 Å². The summed E-state index contributed by atoms with van der Waals surface area (Å²) in [6.07, 6.45) is 11.2. The van der Waals surface area contributed by atoms with Crippen LogP contribution in [-0.2, 0) is 0 Å². The number of nitrogens with one attached hydrogen (secondary N) is 1. The molecule has 5 rings (SSSR count). The van der Waals surface area contributed by atoms with Crippen molar-refractivity contribution >= 4 is 28.9 Å². The molecule has 3 aromatic heterocycles. The van der Waals surface area contributed by atoms with Gasteiger partial charge in [-0.15, -0.1) is 0 Å². The summed E-state index contributed by atoms with van der Waals surface area (Å²) in [5.41, 5.74) is 3.71. The molecule has 180 valence electrons. The third-order valence-corrected chi connectivity index (χ3v) is 6.35. The molecule has 4 aromatic rings. The molecule has 0 radical (unpaired) electrons. The fraction of sp³-hybridized carbons (Fsp3) is 0.333. The van der Waals surface area contributed by atoms with Gasteiger partial charge in [0, 0.05) is 17.8 Å². The van der Waals surface area contributed by atoms with Crippen molar-refractivity contribution < 1.29 is 8.78 Å². The molecule has 1 fully saturated rings. The summed E-state index contributed by atoms with van der Waals surface area (Å²) in [6.45, 7) is 5.82. The smallest absolute Gasteiger partial charge is 0.229 e. The number of halogens is 2. The average molecular weight is 475 g/mol. The van der Waals surface area contributed by atoms with E-state index in [1.165, 1.54) is 30.9 Å². The standard InChI is InChI=1S/C27H28F2N6/c1-16(2)35-17(3)32-26-21(28)12-20(13-23(26)35)25-22(29)15-31-27(34-25)33-24-10-9-19(14-30-24)11-18-7-5-4-6-8-18/h9-16H,4-8H2,1-3H3,(H,30,31,33,34). The van der Waals surface area contributed by atoms with Crippen LogP contribution in [0.15, 0.2) is 42.2 Å². The lowest BCUT2D eigenvalue weighted by atomic mass is 9.94. The zero-order valence-corrected chi connectivity index (χ0v) is 20.1. The Balaban J connectivity index is 1.43. The number of benzene rings is 1. The predicted molar refractivity (Wildman–Crippen MR) is 134 cm³/mol. The summed E-state index contributed by atoms with van der Waals surface area (Å²) in [6, 6.07) is 6.89. The van der Waals surface area contributed by atoms with Gasteiger partial charge < -0.3 is 9.88 Å². The lowest BCUT2D eigenvalue weighted by molar-refractivity contribution is 0.600. The average Bonchev–Trinajstić information content (AvgIpc) is 3.19. The van der Waals surface area contributed by atoms with Crippen molar-refractivity contribution in [1.29, 1.82) is 0 Å². The highest BCUT2D eigenvalue weighted by atomic mass is 19.1. The van der Waals surface area contributed by atoms with Crippen LogP contribution in [0.25, 0.3) is 28.4 Å². The van der Waals surface area contributed by atoms with E-state index in [1.807, 2.05) is 37.5 Å². The number of aryl methyl sites for hydroxylation is 1. The number of hydrogen-bond acceptors (Lipinski definition) is 5. The van der Waals surface area contributed by atoms with Crippen molar-refractivity contribution in [2.75, 3.05) is 5.32 Å². The largest absolute Gasteiger partial charge is 0.326 e. The first kappa shape index (κ1) is 23.1. The molecule has 0 saturated heterocycles. The van der Waals surface area contributed by atoms with Crippen LogP contribution in [0.3, 0.4) is 0 Å². The number of pyridine rings is 1. The fourth-order valence-corrected chi connectivity index (χ4v) is 4.75. The molecule has 1 aliphatic rings. The summed E-state index contributed by atoms with van der Waals surface area (Å²) in [4.78, 5) is 17.2. The molecule has 1 aromatic carbocycles. The molecule has 1 aliphatic carbocycles. The quantitative estimate of drug-likeness (QED) is 0.333. The molecule has 0 unspecified atom stereocenters. The molecule has 35 heavy (non-hydrogen) atoms. The van der Waals surface area contributed by atoms with Gasteiger partial charge in [-0.2, -0.15) is 0 Å². The zero-order valence-electron chi connectivity index (χ0n) is 20.1. The summed E-state index contributed by atoms with van der Waals surface area (Å²) >= 11 is 0. The molecule has 0 amide bonds. The zero-order chi connectivity index (χ0) is 24.5. The van der Waals surface area contributed by atoms with E-state index in [4.69, 9.17) is 0 Å². The lowest BCUT2D eigenvalue weighted by Crippen LogP contribution is -2.04. The minimum absolute atomic E-state index is 0.0103. The van der Waals surface area contributed by atoms with Crippen molar-refractivity contribution in [3.8, 4) is 11.3 Å². The van der Waals surface area contributed by atoms with Crippen molar-refractivity contribution in [1.82, 2.24) is 24.5 Å². The molecule has 0 bridgehead atoms. The topological polar surface area (TPSA) is 68.5 Å². The highest BCUT2D eigenvalue weighted by molar-refractivity contribution is 5.83. The highest BCUT2D eigenvalue weighted by Gasteiger charge is 2.18. The Bertz CT molecular complexity index is 1400. The molecular weight excluding hydrogens is 446 g/mol. The first-order valence-electron chi connectivity index (χ1n) is 12.0. The second-order valence-electron chi connectivity index (χ2n) is 9.30. The van der Waals surface area contributed by atoms with Crippen molar-refractivity contribution in [2.45, 2.75) is 58.9 Å². The van der Waals surface area contributed by atoms with E-state index in [9.17, 15) is 8.78 Å². The van der Waals surface area contributed by atoms with Crippen LogP contribution in [0.2, 0.25) is 0 Å². The predicted octanol–water partition coefficient (Wildman–Crippen LogP) is 7.15. The summed E-state index contributed by atoms with van der Waals surface area (Å²) in [5, 5.41) is 3.03. The first-order valence-corrected chi connectivity index (χ1v) is 12.0. The summed E-state index contributed by atoms with van der Waals surface area (Å²) in [7, 11) is 0. The van der Waals surface area contributed by atoms with E-state index < -0.39 is 11.6 Å². The number of rotatable bonds is 5. The van der Waals surface area contributed by atoms with Gasteiger partial charge >= 0.3 is 0 Å². The Morgan fingerprint density at radius 2 is 1.77 bits per heavy atom. The molecule has 6 nitrogen and oxygen atoms in total. The van der Waals surface area contributed by atoms with Crippen LogP contribution in [0.1, 0.15) is 63.4 Å². The maximum Gasteiger partial charge on any atom is 0.229 e. The molecule has 8 heteroatoms. The maximum absolute atomic E-state index is 14.9. The van der Waals surface area contributed by atoms with E-state index in [0.29, 0.717) is 22.7 Å². The fourth-order valence-electron chi connectivity index (χ4n) is 4.75. The summed E-state index contributed by atoms with van der Waals surface area (Å²) in [5.74, 6) is 0.274. The minimum Gasteiger partial charge on any atom is -0.326 e. The van der Waals surface area contributed by atoms with Gasteiger partial charge in [0.1, 0.15) is 22.9 Å². The van der Waals surface area contributed by atoms with Crippen molar-refractivity contribution in [3.05, 3.63) is 65.3 Å². The minimum atomic E-state index is -0.635. The molecule has 1 N–H and O–H groups in total. The SMILES string of the molecule is Cc1nc2c(F)cc(-c3nc(Nc4ccc(C=C5CCCCC5)cn4)ncc3F)cc2n1C(C)C. The summed E-state index contributed by atoms with van der Waals surface area (Å²) < 4.78 is 31.6. The molecule has 3 heterocycles. The van der Waals surface area contributed by atoms with Gasteiger partial charge in [-0.1, -0.05) is 18.1 Å². The molecule has 0 atom stereocenters. The highest BCUT2D eigenvalue weighted by Crippen LogP contribution is 2.30. The van der Waals surface area contributed by atoms with Crippen LogP contribution in [0.5, 0.6) is 0 Å². The number of aromatic nitrogens is 5. The van der Waals surface area contributed by atoms with Crippen LogP contribution in [0, 0.1) is 18.6 Å². The molecule has 0 spiro atoms. The van der Waals surface area contributed by atoms with Crippen molar-refractivity contribution in [3.63, 3.8) is 0 Å². The van der Waals surface area contributed by atoms with Crippen LogP contribution >= 0.6 is 0 Å². The number of fused-ring (bicyclic) bond motifs is 1. The van der Waals surface area contributed by atoms with Gasteiger partial charge in [0.2, 0.25) is 5.95 Å². The van der Waals surface area contributed by atoms with Gasteiger partial charge in [-0.3, -0.25) is 0 Å². The third kappa shape index (κ3) is 4.78. The molecule has 0 aliphatic heterocycles. The first-order chi connectivity index (χ1) is 16.9. The Kier molecular flexibility index (Phi) is 6.28.